The van der Waals surface area contributed by atoms with Crippen LogP contribution in [0.3, 0.4) is 0 Å². The van der Waals surface area contributed by atoms with E-state index in [1.54, 1.807) is 12.4 Å². The van der Waals surface area contributed by atoms with E-state index in [1.165, 1.54) is 0 Å². The molecule has 43 valence electrons. The first kappa shape index (κ1) is 4.56. The third-order valence-corrected chi connectivity index (χ3v) is 1.26. The maximum absolute atomic E-state index is 3.94. The van der Waals surface area contributed by atoms with Crippen molar-refractivity contribution in [2.75, 3.05) is 0 Å². The molecule has 1 radical (unpaired) electrons. The van der Waals surface area contributed by atoms with Gasteiger partial charge in [0.2, 0.25) is 0 Å². The summed E-state index contributed by atoms with van der Waals surface area (Å²) >= 11 is 0. The zero-order valence-electron chi connectivity index (χ0n) is 4.78. The highest BCUT2D eigenvalue weighted by Crippen LogP contribution is 1.98. The molecule has 0 aliphatic rings. The first-order valence-corrected chi connectivity index (χ1v) is 2.74. The van der Waals surface area contributed by atoms with Crippen LogP contribution >= 0.6 is 0 Å². The van der Waals surface area contributed by atoms with E-state index in [1.807, 2.05) is 22.9 Å². The standard InChI is InChI=1S/C7H5N2/c1-2-7-6-8-3-5-9(7)4-1/h2-6H. The molecular formula is C7H5N2. The Morgan fingerprint density at radius 1 is 1.56 bits per heavy atom. The first-order chi connectivity index (χ1) is 4.47. The molecule has 2 aromatic heterocycles. The summed E-state index contributed by atoms with van der Waals surface area (Å²) in [4.78, 5) is 3.94. The predicted molar refractivity (Wildman–Crippen MR) is 34.0 cm³/mol. The number of hydrogen-bond acceptors (Lipinski definition) is 1. The van der Waals surface area contributed by atoms with Gasteiger partial charge in [0, 0.05) is 24.7 Å². The molecule has 0 fully saturated rings. The van der Waals surface area contributed by atoms with Crippen LogP contribution in [-0.2, 0) is 0 Å². The van der Waals surface area contributed by atoms with E-state index in [4.69, 9.17) is 0 Å². The molecule has 0 saturated heterocycles. The molecule has 0 amide bonds. The highest BCUT2D eigenvalue weighted by Gasteiger charge is 1.85. The molecule has 2 heteroatoms. The SMILES string of the molecule is [c]1cc2cnccn2c1. The minimum atomic E-state index is 1.08. The van der Waals surface area contributed by atoms with Crippen LogP contribution in [0.1, 0.15) is 0 Å². The molecule has 2 rings (SSSR count). The number of fused-ring (bicyclic) bond motifs is 1. The van der Waals surface area contributed by atoms with Crippen LogP contribution < -0.4 is 0 Å². The van der Waals surface area contributed by atoms with Crippen molar-refractivity contribution in [2.24, 2.45) is 0 Å². The molecule has 0 N–H and O–H groups in total. The molecular weight excluding hydrogens is 112 g/mol. The van der Waals surface area contributed by atoms with Gasteiger partial charge in [-0.15, -0.1) is 0 Å². The van der Waals surface area contributed by atoms with E-state index < -0.39 is 0 Å². The van der Waals surface area contributed by atoms with Gasteiger partial charge in [0.1, 0.15) is 0 Å². The van der Waals surface area contributed by atoms with Crippen molar-refractivity contribution >= 4 is 5.52 Å². The Labute approximate surface area is 52.8 Å². The highest BCUT2D eigenvalue weighted by molar-refractivity contribution is 5.43. The van der Waals surface area contributed by atoms with Gasteiger partial charge in [0.05, 0.1) is 11.7 Å². The lowest BCUT2D eigenvalue weighted by atomic mass is 10.5. The number of aromatic nitrogens is 2. The molecule has 0 atom stereocenters. The number of hydrogen-bond donors (Lipinski definition) is 0. The average Bonchev–Trinajstić information content (AvgIpc) is 2.33. The summed E-state index contributed by atoms with van der Waals surface area (Å²) in [6.45, 7) is 0. The lowest BCUT2D eigenvalue weighted by molar-refractivity contribution is 1.14. The van der Waals surface area contributed by atoms with Gasteiger partial charge in [-0.2, -0.15) is 0 Å². The molecule has 0 saturated carbocycles. The Kier molecular flexibility index (Phi) is 0.803. The summed E-state index contributed by atoms with van der Waals surface area (Å²) in [7, 11) is 0. The second-order valence-corrected chi connectivity index (χ2v) is 1.85. The van der Waals surface area contributed by atoms with E-state index in [-0.39, 0.29) is 0 Å². The molecule has 0 unspecified atom stereocenters. The van der Waals surface area contributed by atoms with Gasteiger partial charge in [-0.25, -0.2) is 0 Å². The van der Waals surface area contributed by atoms with Crippen molar-refractivity contribution < 1.29 is 0 Å². The summed E-state index contributed by atoms with van der Waals surface area (Å²) < 4.78 is 1.97. The smallest absolute Gasteiger partial charge is 0.0640 e. The van der Waals surface area contributed by atoms with Crippen molar-refractivity contribution in [1.82, 2.24) is 9.38 Å². The number of rotatable bonds is 0. The molecule has 2 heterocycles. The fourth-order valence-electron chi connectivity index (χ4n) is 0.815. The summed E-state index contributed by atoms with van der Waals surface area (Å²) in [6.07, 6.45) is 7.32. The van der Waals surface area contributed by atoms with E-state index in [0.717, 1.165) is 5.52 Å². The normalized spacial score (nSPS) is 10.2. The quantitative estimate of drug-likeness (QED) is 0.505. The summed E-state index contributed by atoms with van der Waals surface area (Å²) in [5.74, 6) is 0. The van der Waals surface area contributed by atoms with Crippen molar-refractivity contribution in [3.63, 3.8) is 0 Å². The third-order valence-electron chi connectivity index (χ3n) is 1.26. The van der Waals surface area contributed by atoms with Gasteiger partial charge >= 0.3 is 0 Å². The molecule has 0 aliphatic carbocycles. The molecule has 2 aromatic rings. The van der Waals surface area contributed by atoms with Crippen molar-refractivity contribution in [3.05, 3.63) is 36.9 Å². The summed E-state index contributed by atoms with van der Waals surface area (Å²) in [5.41, 5.74) is 1.08. The molecule has 2 nitrogen and oxygen atoms in total. The Morgan fingerprint density at radius 3 is 3.44 bits per heavy atom. The van der Waals surface area contributed by atoms with Crippen LogP contribution in [0.5, 0.6) is 0 Å². The predicted octanol–water partition coefficient (Wildman–Crippen LogP) is 1.13. The van der Waals surface area contributed by atoms with E-state index >= 15 is 0 Å². The average molecular weight is 117 g/mol. The zero-order valence-corrected chi connectivity index (χ0v) is 4.78. The van der Waals surface area contributed by atoms with Crippen molar-refractivity contribution in [3.8, 4) is 0 Å². The third kappa shape index (κ3) is 0.598. The molecule has 0 spiro atoms. The van der Waals surface area contributed by atoms with E-state index in [0.29, 0.717) is 0 Å². The fraction of sp³-hybridized carbons (Fsp3) is 0. The lowest BCUT2D eigenvalue weighted by Crippen LogP contribution is -1.79. The molecule has 0 aliphatic heterocycles. The summed E-state index contributed by atoms with van der Waals surface area (Å²) in [5, 5.41) is 0. The molecule has 0 bridgehead atoms. The maximum Gasteiger partial charge on any atom is 0.0640 e. The Bertz CT molecular complexity index is 281. The van der Waals surface area contributed by atoms with E-state index in [9.17, 15) is 0 Å². The second-order valence-electron chi connectivity index (χ2n) is 1.85. The lowest BCUT2D eigenvalue weighted by Gasteiger charge is -1.87. The van der Waals surface area contributed by atoms with Gasteiger partial charge < -0.3 is 4.40 Å². The molecule has 0 aromatic carbocycles. The van der Waals surface area contributed by atoms with Crippen LogP contribution in [0, 0.1) is 6.07 Å². The van der Waals surface area contributed by atoms with Gasteiger partial charge in [0.15, 0.2) is 0 Å². The first-order valence-electron chi connectivity index (χ1n) is 2.74. The van der Waals surface area contributed by atoms with Crippen LogP contribution in [0.4, 0.5) is 0 Å². The van der Waals surface area contributed by atoms with Gasteiger partial charge in [-0.05, 0) is 6.07 Å². The minimum absolute atomic E-state index is 1.08. The van der Waals surface area contributed by atoms with Crippen molar-refractivity contribution in [2.45, 2.75) is 0 Å². The van der Waals surface area contributed by atoms with Crippen LogP contribution in [0.2, 0.25) is 0 Å². The summed E-state index contributed by atoms with van der Waals surface area (Å²) in [6, 6.07) is 4.86. The Hall–Kier alpha value is -1.31. The second kappa shape index (κ2) is 1.58. The van der Waals surface area contributed by atoms with Gasteiger partial charge in [-0.3, -0.25) is 4.98 Å². The topological polar surface area (TPSA) is 17.3 Å². The fourth-order valence-corrected chi connectivity index (χ4v) is 0.815. The monoisotopic (exact) mass is 117 g/mol. The molecule has 9 heavy (non-hydrogen) atoms. The number of nitrogens with zero attached hydrogens (tertiary/aromatic N) is 2. The maximum atomic E-state index is 3.94. The van der Waals surface area contributed by atoms with Crippen LogP contribution in [-0.4, -0.2) is 9.38 Å². The minimum Gasteiger partial charge on any atom is -0.320 e. The van der Waals surface area contributed by atoms with Gasteiger partial charge in [0.25, 0.3) is 0 Å². The Morgan fingerprint density at radius 2 is 2.56 bits per heavy atom. The van der Waals surface area contributed by atoms with Crippen molar-refractivity contribution in [1.29, 1.82) is 0 Å². The van der Waals surface area contributed by atoms with Crippen LogP contribution in [0.15, 0.2) is 30.9 Å². The zero-order chi connectivity index (χ0) is 6.10. The van der Waals surface area contributed by atoms with Gasteiger partial charge in [-0.1, -0.05) is 0 Å². The largest absolute Gasteiger partial charge is 0.320 e. The van der Waals surface area contributed by atoms with Crippen LogP contribution in [0.25, 0.3) is 5.52 Å². The Balaban J connectivity index is 2.95. The van der Waals surface area contributed by atoms with E-state index in [2.05, 4.69) is 11.1 Å². The highest BCUT2D eigenvalue weighted by atomic mass is 14.9.